The van der Waals surface area contributed by atoms with Gasteiger partial charge >= 0.3 is 0 Å². The Morgan fingerprint density at radius 1 is 1.30 bits per heavy atom. The average Bonchev–Trinajstić information content (AvgIpc) is 2.50. The van der Waals surface area contributed by atoms with Gasteiger partial charge in [-0.05, 0) is 25.1 Å². The molecule has 0 aliphatic heterocycles. The van der Waals surface area contributed by atoms with Crippen LogP contribution in [0.5, 0.6) is 5.75 Å². The lowest BCUT2D eigenvalue weighted by molar-refractivity contribution is 0.189. The van der Waals surface area contributed by atoms with E-state index in [1.165, 1.54) is 0 Å². The van der Waals surface area contributed by atoms with Crippen molar-refractivity contribution in [2.75, 3.05) is 32.8 Å². The molecule has 0 saturated heterocycles. The van der Waals surface area contributed by atoms with Crippen molar-refractivity contribution in [2.45, 2.75) is 13.3 Å². The molecule has 1 aromatic heterocycles. The van der Waals surface area contributed by atoms with Crippen LogP contribution >= 0.6 is 0 Å². The summed E-state index contributed by atoms with van der Waals surface area (Å²) in [6, 6.07) is 5.84. The summed E-state index contributed by atoms with van der Waals surface area (Å²) in [6.45, 7) is 5.58. The van der Waals surface area contributed by atoms with E-state index >= 15 is 0 Å². The average molecular weight is 275 g/mol. The van der Waals surface area contributed by atoms with Gasteiger partial charge in [0.1, 0.15) is 12.1 Å². The molecule has 0 atom stereocenters. The van der Waals surface area contributed by atoms with Gasteiger partial charge in [-0.15, -0.1) is 0 Å². The maximum atomic E-state index is 8.92. The highest BCUT2D eigenvalue weighted by atomic mass is 16.5. The zero-order valence-corrected chi connectivity index (χ0v) is 11.8. The molecule has 0 aliphatic carbocycles. The molecule has 0 radical (unpaired) electrons. The summed E-state index contributed by atoms with van der Waals surface area (Å²) in [5.41, 5.74) is 0.896. The highest BCUT2D eigenvalue weighted by Gasteiger charge is 2.02. The van der Waals surface area contributed by atoms with E-state index in [2.05, 4.69) is 21.8 Å². The number of aliphatic hydroxyl groups excluding tert-OH is 1. The molecule has 1 aromatic carbocycles. The Morgan fingerprint density at radius 3 is 3.00 bits per heavy atom. The van der Waals surface area contributed by atoms with Crippen LogP contribution in [0, 0.1) is 0 Å². The maximum absolute atomic E-state index is 8.92. The van der Waals surface area contributed by atoms with Crippen LogP contribution in [0.25, 0.3) is 10.9 Å². The molecule has 0 saturated carbocycles. The summed E-state index contributed by atoms with van der Waals surface area (Å²) in [7, 11) is 0. The third-order valence-electron chi connectivity index (χ3n) is 3.23. The van der Waals surface area contributed by atoms with Gasteiger partial charge in [0.2, 0.25) is 0 Å². The summed E-state index contributed by atoms with van der Waals surface area (Å²) in [6.07, 6.45) is 4.27. The number of aliphatic hydroxyl groups is 1. The van der Waals surface area contributed by atoms with Crippen LogP contribution in [-0.4, -0.2) is 52.8 Å². The predicted octanol–water partition coefficient (Wildman–Crippen LogP) is 1.71. The van der Waals surface area contributed by atoms with E-state index in [-0.39, 0.29) is 6.61 Å². The van der Waals surface area contributed by atoms with Crippen molar-refractivity contribution in [2.24, 2.45) is 0 Å². The number of fused-ring (bicyclic) bond motifs is 1. The molecule has 5 nitrogen and oxygen atoms in total. The number of hydrogen-bond acceptors (Lipinski definition) is 5. The molecule has 20 heavy (non-hydrogen) atoms. The van der Waals surface area contributed by atoms with E-state index in [9.17, 15) is 0 Å². The molecule has 0 amide bonds. The van der Waals surface area contributed by atoms with E-state index in [0.29, 0.717) is 6.61 Å². The lowest BCUT2D eigenvalue weighted by Gasteiger charge is -2.18. The van der Waals surface area contributed by atoms with Gasteiger partial charge in [0.25, 0.3) is 0 Å². The van der Waals surface area contributed by atoms with Crippen LogP contribution in [0.3, 0.4) is 0 Å². The first-order valence-electron chi connectivity index (χ1n) is 6.99. The van der Waals surface area contributed by atoms with Gasteiger partial charge in [-0.25, -0.2) is 9.97 Å². The second-order valence-electron chi connectivity index (χ2n) is 4.60. The first-order valence-corrected chi connectivity index (χ1v) is 6.99. The number of benzene rings is 1. The zero-order chi connectivity index (χ0) is 14.2. The standard InChI is InChI=1S/C15H21N3O2/c1-2-18(7-8-19)6-3-9-20-14-5-4-13-11-16-12-17-15(13)10-14/h4-5,10-12,19H,2-3,6-9H2,1H3. The number of hydrogen-bond donors (Lipinski definition) is 1. The second-order valence-corrected chi connectivity index (χ2v) is 4.60. The van der Waals surface area contributed by atoms with E-state index in [1.54, 1.807) is 12.5 Å². The number of ether oxygens (including phenoxy) is 1. The minimum absolute atomic E-state index is 0.207. The number of likely N-dealkylation sites (N-methyl/N-ethyl adjacent to an activating group) is 1. The molecule has 2 aromatic rings. The largest absolute Gasteiger partial charge is 0.493 e. The van der Waals surface area contributed by atoms with Crippen LogP contribution < -0.4 is 4.74 Å². The molecular weight excluding hydrogens is 254 g/mol. The SMILES string of the molecule is CCN(CCO)CCCOc1ccc2cncnc2c1. The van der Waals surface area contributed by atoms with Gasteiger partial charge < -0.3 is 14.7 Å². The Labute approximate surface area is 119 Å². The number of nitrogens with zero attached hydrogens (tertiary/aromatic N) is 3. The Morgan fingerprint density at radius 2 is 2.20 bits per heavy atom. The predicted molar refractivity (Wildman–Crippen MR) is 78.8 cm³/mol. The summed E-state index contributed by atoms with van der Waals surface area (Å²) in [5, 5.41) is 9.93. The summed E-state index contributed by atoms with van der Waals surface area (Å²) in [5.74, 6) is 0.835. The Balaban J connectivity index is 1.80. The molecule has 0 unspecified atom stereocenters. The highest BCUT2D eigenvalue weighted by Crippen LogP contribution is 2.18. The van der Waals surface area contributed by atoms with Crippen LogP contribution in [-0.2, 0) is 0 Å². The van der Waals surface area contributed by atoms with Crippen LogP contribution in [0.2, 0.25) is 0 Å². The van der Waals surface area contributed by atoms with Gasteiger partial charge in [-0.2, -0.15) is 0 Å². The zero-order valence-electron chi connectivity index (χ0n) is 11.8. The molecule has 0 bridgehead atoms. The van der Waals surface area contributed by atoms with Crippen LogP contribution in [0.15, 0.2) is 30.7 Å². The second kappa shape index (κ2) is 7.77. The molecule has 0 spiro atoms. The topological polar surface area (TPSA) is 58.5 Å². The van der Waals surface area contributed by atoms with Gasteiger partial charge in [0.05, 0.1) is 18.7 Å². The van der Waals surface area contributed by atoms with Crippen LogP contribution in [0.1, 0.15) is 13.3 Å². The van der Waals surface area contributed by atoms with E-state index in [4.69, 9.17) is 9.84 Å². The minimum Gasteiger partial charge on any atom is -0.493 e. The van der Waals surface area contributed by atoms with Crippen molar-refractivity contribution < 1.29 is 9.84 Å². The normalized spacial score (nSPS) is 11.2. The fourth-order valence-corrected chi connectivity index (χ4v) is 2.09. The summed E-state index contributed by atoms with van der Waals surface area (Å²) in [4.78, 5) is 10.4. The van der Waals surface area contributed by atoms with Crippen molar-refractivity contribution in [3.05, 3.63) is 30.7 Å². The van der Waals surface area contributed by atoms with E-state index < -0.39 is 0 Å². The van der Waals surface area contributed by atoms with Crippen molar-refractivity contribution in [1.29, 1.82) is 0 Å². The molecule has 1 N–H and O–H groups in total. The first kappa shape index (κ1) is 14.7. The molecule has 5 heteroatoms. The van der Waals surface area contributed by atoms with Gasteiger partial charge in [0, 0.05) is 30.7 Å². The smallest absolute Gasteiger partial charge is 0.121 e. The van der Waals surface area contributed by atoms with Crippen molar-refractivity contribution in [3.63, 3.8) is 0 Å². The molecule has 108 valence electrons. The van der Waals surface area contributed by atoms with Crippen LogP contribution in [0.4, 0.5) is 0 Å². The third kappa shape index (κ3) is 4.15. The quantitative estimate of drug-likeness (QED) is 0.743. The van der Waals surface area contributed by atoms with Gasteiger partial charge in [-0.1, -0.05) is 6.92 Å². The molecule has 2 rings (SSSR count). The van der Waals surface area contributed by atoms with E-state index in [0.717, 1.165) is 42.7 Å². The number of aromatic nitrogens is 2. The van der Waals surface area contributed by atoms with Crippen molar-refractivity contribution >= 4 is 10.9 Å². The summed E-state index contributed by atoms with van der Waals surface area (Å²) >= 11 is 0. The van der Waals surface area contributed by atoms with Gasteiger partial charge in [-0.3, -0.25) is 0 Å². The first-order chi connectivity index (χ1) is 9.83. The molecule has 0 fully saturated rings. The Bertz CT molecular complexity index is 533. The minimum atomic E-state index is 0.207. The third-order valence-corrected chi connectivity index (χ3v) is 3.23. The fraction of sp³-hybridized carbons (Fsp3) is 0.467. The Kier molecular flexibility index (Phi) is 5.70. The molecular formula is C15H21N3O2. The van der Waals surface area contributed by atoms with Gasteiger partial charge in [0.15, 0.2) is 0 Å². The van der Waals surface area contributed by atoms with E-state index in [1.807, 2.05) is 18.2 Å². The monoisotopic (exact) mass is 275 g/mol. The maximum Gasteiger partial charge on any atom is 0.121 e. The fourth-order valence-electron chi connectivity index (χ4n) is 2.09. The molecule has 0 aliphatic rings. The summed E-state index contributed by atoms with van der Waals surface area (Å²) < 4.78 is 5.74. The van der Waals surface area contributed by atoms with Crippen molar-refractivity contribution in [1.82, 2.24) is 14.9 Å². The number of rotatable bonds is 8. The van der Waals surface area contributed by atoms with Crippen molar-refractivity contribution in [3.8, 4) is 5.75 Å². The Hall–Kier alpha value is -1.72. The lowest BCUT2D eigenvalue weighted by atomic mass is 10.2. The molecule has 1 heterocycles. The lowest BCUT2D eigenvalue weighted by Crippen LogP contribution is -2.28. The highest BCUT2D eigenvalue weighted by molar-refractivity contribution is 5.78.